The Morgan fingerprint density at radius 2 is 1.87 bits per heavy atom. The van der Waals surface area contributed by atoms with E-state index in [2.05, 4.69) is 0 Å². The summed E-state index contributed by atoms with van der Waals surface area (Å²) in [5.74, 6) is -0.739. The third-order valence-corrected chi connectivity index (χ3v) is 5.07. The van der Waals surface area contributed by atoms with Gasteiger partial charge in [-0.1, -0.05) is 12.1 Å². The van der Waals surface area contributed by atoms with E-state index in [1.165, 1.54) is 23.3 Å². The lowest BCUT2D eigenvalue weighted by molar-refractivity contribution is -0.140. The van der Waals surface area contributed by atoms with Crippen LogP contribution in [0.4, 0.5) is 0 Å². The maximum atomic E-state index is 13.0. The summed E-state index contributed by atoms with van der Waals surface area (Å²) in [6.45, 7) is 2.41. The summed E-state index contributed by atoms with van der Waals surface area (Å²) >= 11 is 0. The molecule has 4 rings (SSSR count). The number of aromatic hydroxyl groups is 1. The maximum absolute atomic E-state index is 13.0. The fourth-order valence-corrected chi connectivity index (χ4v) is 3.69. The lowest BCUT2D eigenvalue weighted by Gasteiger charge is -2.24. The second-order valence-corrected chi connectivity index (χ2v) is 7.06. The molecular formula is C24H21NO6. The Balaban J connectivity index is 1.82. The first kappa shape index (κ1) is 20.3. The number of benzene rings is 2. The number of Topliss-reactive ketones (excluding diaryl/α,β-unsaturated/α-hetero) is 1. The van der Waals surface area contributed by atoms with E-state index in [0.29, 0.717) is 29.2 Å². The van der Waals surface area contributed by atoms with Gasteiger partial charge in [-0.15, -0.1) is 0 Å². The van der Waals surface area contributed by atoms with Crippen LogP contribution >= 0.6 is 0 Å². The van der Waals surface area contributed by atoms with Gasteiger partial charge < -0.3 is 24.3 Å². The van der Waals surface area contributed by atoms with Crippen LogP contribution < -0.4 is 4.74 Å². The van der Waals surface area contributed by atoms with Crippen molar-refractivity contribution < 1.29 is 29.0 Å². The molecule has 1 atom stereocenters. The van der Waals surface area contributed by atoms with Crippen LogP contribution in [0.2, 0.25) is 0 Å². The number of aliphatic hydroxyl groups is 1. The van der Waals surface area contributed by atoms with Crippen molar-refractivity contribution in [2.75, 3.05) is 6.61 Å². The topological polar surface area (TPSA) is 100 Å². The Hall–Kier alpha value is -4.00. The predicted octanol–water partition coefficient (Wildman–Crippen LogP) is 4.01. The predicted molar refractivity (Wildman–Crippen MR) is 112 cm³/mol. The quantitative estimate of drug-likeness (QED) is 0.356. The number of hydrogen-bond acceptors (Lipinski definition) is 6. The van der Waals surface area contributed by atoms with Crippen LogP contribution in [0.25, 0.3) is 5.76 Å². The van der Waals surface area contributed by atoms with Crippen molar-refractivity contribution in [1.29, 1.82) is 0 Å². The summed E-state index contributed by atoms with van der Waals surface area (Å²) in [6, 6.07) is 15.4. The number of amides is 1. The fourth-order valence-electron chi connectivity index (χ4n) is 3.69. The molecule has 158 valence electrons. The highest BCUT2D eigenvalue weighted by molar-refractivity contribution is 6.46. The highest BCUT2D eigenvalue weighted by Gasteiger charge is 2.46. The van der Waals surface area contributed by atoms with Crippen LogP contribution in [0, 0.1) is 0 Å². The Labute approximate surface area is 178 Å². The molecule has 0 aliphatic carbocycles. The molecule has 1 fully saturated rings. The molecule has 1 aromatic heterocycles. The first-order valence-corrected chi connectivity index (χ1v) is 9.82. The van der Waals surface area contributed by atoms with Gasteiger partial charge in [0, 0.05) is 5.56 Å². The zero-order valence-corrected chi connectivity index (χ0v) is 16.8. The van der Waals surface area contributed by atoms with Gasteiger partial charge >= 0.3 is 0 Å². The molecule has 0 saturated carbocycles. The molecular weight excluding hydrogens is 398 g/mol. The number of likely N-dealkylation sites (tertiary alicyclic amines) is 1. The van der Waals surface area contributed by atoms with Crippen molar-refractivity contribution >= 4 is 17.4 Å². The molecule has 2 aromatic carbocycles. The highest BCUT2D eigenvalue weighted by atomic mass is 16.5. The van der Waals surface area contributed by atoms with Crippen molar-refractivity contribution in [2.24, 2.45) is 0 Å². The van der Waals surface area contributed by atoms with E-state index < -0.39 is 17.7 Å². The fraction of sp³-hybridized carbons (Fsp3) is 0.167. The van der Waals surface area contributed by atoms with Crippen molar-refractivity contribution in [3.63, 3.8) is 0 Å². The summed E-state index contributed by atoms with van der Waals surface area (Å²) in [5, 5.41) is 21.0. The van der Waals surface area contributed by atoms with E-state index >= 15 is 0 Å². The van der Waals surface area contributed by atoms with Crippen molar-refractivity contribution in [1.82, 2.24) is 4.90 Å². The van der Waals surface area contributed by atoms with Crippen molar-refractivity contribution in [2.45, 2.75) is 19.5 Å². The van der Waals surface area contributed by atoms with E-state index in [1.807, 2.05) is 6.92 Å². The number of carbonyl (C=O) groups is 2. The minimum Gasteiger partial charge on any atom is -0.508 e. The molecule has 1 unspecified atom stereocenters. The molecule has 1 aliphatic heterocycles. The summed E-state index contributed by atoms with van der Waals surface area (Å²) in [6.07, 6.45) is 1.48. The summed E-state index contributed by atoms with van der Waals surface area (Å²) in [5.41, 5.74) is 0.828. The number of aliphatic hydroxyl groups excluding tert-OH is 1. The Morgan fingerprint density at radius 3 is 2.52 bits per heavy atom. The SMILES string of the molecule is CCOc1ccc(/C(O)=C2\C(=O)C(=O)N(Cc3ccco3)C2c2cccc(O)c2)cc1. The molecule has 1 saturated heterocycles. The number of ketones is 1. The van der Waals surface area contributed by atoms with Crippen LogP contribution in [0.1, 0.15) is 29.9 Å². The first-order chi connectivity index (χ1) is 15.0. The van der Waals surface area contributed by atoms with Gasteiger partial charge in [0.2, 0.25) is 0 Å². The lowest BCUT2D eigenvalue weighted by Crippen LogP contribution is -2.29. The monoisotopic (exact) mass is 419 g/mol. The Kier molecular flexibility index (Phi) is 5.49. The first-order valence-electron chi connectivity index (χ1n) is 9.82. The van der Waals surface area contributed by atoms with Crippen LogP contribution in [0.5, 0.6) is 11.5 Å². The second-order valence-electron chi connectivity index (χ2n) is 7.06. The largest absolute Gasteiger partial charge is 0.508 e. The molecule has 0 bridgehead atoms. The smallest absolute Gasteiger partial charge is 0.296 e. The lowest BCUT2D eigenvalue weighted by atomic mass is 9.95. The summed E-state index contributed by atoms with van der Waals surface area (Å²) in [7, 11) is 0. The summed E-state index contributed by atoms with van der Waals surface area (Å²) < 4.78 is 10.8. The Bertz CT molecular complexity index is 1130. The average molecular weight is 419 g/mol. The number of nitrogens with zero attached hydrogens (tertiary/aromatic N) is 1. The van der Waals surface area contributed by atoms with Gasteiger partial charge in [-0.2, -0.15) is 0 Å². The highest BCUT2D eigenvalue weighted by Crippen LogP contribution is 2.41. The number of carbonyl (C=O) groups excluding carboxylic acids is 2. The number of hydrogen-bond donors (Lipinski definition) is 2. The molecule has 1 aliphatic rings. The maximum Gasteiger partial charge on any atom is 0.296 e. The van der Waals surface area contributed by atoms with Crippen LogP contribution in [-0.4, -0.2) is 33.4 Å². The minimum absolute atomic E-state index is 0.0119. The van der Waals surface area contributed by atoms with Crippen LogP contribution in [0.15, 0.2) is 76.9 Å². The molecule has 7 heteroatoms. The second kappa shape index (κ2) is 8.39. The third kappa shape index (κ3) is 3.90. The van der Waals surface area contributed by atoms with Gasteiger partial charge in [0.25, 0.3) is 11.7 Å². The number of ether oxygens (including phenoxy) is 1. The van der Waals surface area contributed by atoms with Gasteiger partial charge in [0.05, 0.1) is 31.0 Å². The molecule has 31 heavy (non-hydrogen) atoms. The molecule has 0 spiro atoms. The van der Waals surface area contributed by atoms with E-state index in [1.54, 1.807) is 48.5 Å². The molecule has 2 N–H and O–H groups in total. The number of phenolic OH excluding ortho intramolecular Hbond substituents is 1. The standard InChI is InChI=1S/C24H21NO6/c1-2-30-18-10-8-15(9-11-18)22(27)20-21(16-5-3-6-17(26)13-16)25(24(29)23(20)28)14-19-7-4-12-31-19/h3-13,21,26-27H,2,14H2,1H3/b22-20+. The van der Waals surface area contributed by atoms with E-state index in [9.17, 15) is 19.8 Å². The average Bonchev–Trinajstić information content (AvgIpc) is 3.36. The molecule has 1 amide bonds. The molecule has 2 heterocycles. The number of rotatable bonds is 6. The van der Waals surface area contributed by atoms with E-state index in [0.717, 1.165) is 0 Å². The zero-order valence-electron chi connectivity index (χ0n) is 16.8. The third-order valence-electron chi connectivity index (χ3n) is 5.07. The van der Waals surface area contributed by atoms with Crippen molar-refractivity contribution in [3.8, 4) is 11.5 Å². The van der Waals surface area contributed by atoms with Crippen LogP contribution in [-0.2, 0) is 16.1 Å². The molecule has 7 nitrogen and oxygen atoms in total. The van der Waals surface area contributed by atoms with Gasteiger partial charge in [-0.3, -0.25) is 9.59 Å². The minimum atomic E-state index is -0.885. The van der Waals surface area contributed by atoms with E-state index in [4.69, 9.17) is 9.15 Å². The van der Waals surface area contributed by atoms with Gasteiger partial charge in [0.1, 0.15) is 23.0 Å². The zero-order chi connectivity index (χ0) is 22.0. The number of phenols is 1. The van der Waals surface area contributed by atoms with Gasteiger partial charge in [0.15, 0.2) is 0 Å². The number of furan rings is 1. The van der Waals surface area contributed by atoms with Crippen LogP contribution in [0.3, 0.4) is 0 Å². The molecule has 0 radical (unpaired) electrons. The normalized spacial score (nSPS) is 17.8. The summed E-state index contributed by atoms with van der Waals surface area (Å²) in [4.78, 5) is 27.2. The molecule has 3 aromatic rings. The van der Waals surface area contributed by atoms with Crippen molar-refractivity contribution in [3.05, 3.63) is 89.4 Å². The van der Waals surface area contributed by atoms with E-state index in [-0.39, 0.29) is 23.6 Å². The van der Waals surface area contributed by atoms with Gasteiger partial charge in [-0.05, 0) is 61.0 Å². The Morgan fingerprint density at radius 1 is 1.10 bits per heavy atom. The van der Waals surface area contributed by atoms with Gasteiger partial charge in [-0.25, -0.2) is 0 Å².